The molecule has 0 saturated heterocycles. The van der Waals surface area contributed by atoms with Crippen LogP contribution in [0, 0.1) is 0 Å². The van der Waals surface area contributed by atoms with Crippen molar-refractivity contribution in [3.05, 3.63) is 5.57 Å². The minimum Gasteiger partial charge on any atom is -0.371 e. The van der Waals surface area contributed by atoms with Crippen LogP contribution in [0.25, 0.3) is 0 Å². The molecule has 3 nitrogen and oxygen atoms in total. The van der Waals surface area contributed by atoms with Crippen molar-refractivity contribution in [2.45, 2.75) is 25.5 Å². The molecule has 0 aromatic carbocycles. The van der Waals surface area contributed by atoms with E-state index in [1.54, 1.807) is 0 Å². The highest BCUT2D eigenvalue weighted by atomic mass is 16.5. The average molecular weight is 169 g/mol. The Labute approximate surface area is 73.0 Å². The molecule has 0 heterocycles. The summed E-state index contributed by atoms with van der Waals surface area (Å²) >= 11 is 0. The second-order valence-electron chi connectivity index (χ2n) is 3.39. The smallest absolute Gasteiger partial charge is 0.128 e. The maximum atomic E-state index is 10.5. The van der Waals surface area contributed by atoms with E-state index in [2.05, 4.69) is 0 Å². The van der Waals surface area contributed by atoms with E-state index < -0.39 is 0 Å². The first-order chi connectivity index (χ1) is 5.58. The first-order valence-electron chi connectivity index (χ1n) is 4.13. The lowest BCUT2D eigenvalue weighted by Gasteiger charge is -2.18. The minimum atomic E-state index is -0.211. The Balaban J connectivity index is 2.76. The van der Waals surface area contributed by atoms with Crippen LogP contribution in [0.2, 0.25) is 0 Å². The van der Waals surface area contributed by atoms with Crippen molar-refractivity contribution in [3.63, 3.8) is 0 Å². The van der Waals surface area contributed by atoms with Gasteiger partial charge in [-0.05, 0) is 27.9 Å². The van der Waals surface area contributed by atoms with Crippen LogP contribution in [0.3, 0.4) is 0 Å². The fourth-order valence-electron chi connectivity index (χ4n) is 1.44. The van der Waals surface area contributed by atoms with Gasteiger partial charge in [0.2, 0.25) is 0 Å². The number of carbonyl (C=O) groups excluding carboxylic acids is 1. The summed E-state index contributed by atoms with van der Waals surface area (Å²) in [5.41, 5.74) is 0.520. The van der Waals surface area contributed by atoms with Gasteiger partial charge in [-0.2, -0.15) is 0 Å². The first kappa shape index (κ1) is 9.46. The Hall–Kier alpha value is -0.630. The molecule has 1 aliphatic carbocycles. The number of likely N-dealkylation sites (N-methyl/N-ethyl adjacent to an activating group) is 1. The van der Waals surface area contributed by atoms with Gasteiger partial charge in [0.1, 0.15) is 12.0 Å². The van der Waals surface area contributed by atoms with Gasteiger partial charge in [0.15, 0.2) is 0 Å². The average Bonchev–Trinajstić information content (AvgIpc) is 2.59. The van der Waals surface area contributed by atoms with Crippen molar-refractivity contribution in [2.75, 3.05) is 20.7 Å². The van der Waals surface area contributed by atoms with Gasteiger partial charge < -0.3 is 4.74 Å². The lowest BCUT2D eigenvalue weighted by atomic mass is 10.3. The van der Waals surface area contributed by atoms with Gasteiger partial charge in [-0.15, -0.1) is 0 Å². The number of ether oxygens (including phenoxy) is 1. The van der Waals surface area contributed by atoms with E-state index in [0.717, 1.165) is 5.57 Å². The number of rotatable bonds is 3. The molecule has 1 aliphatic rings. The molecule has 0 radical (unpaired) electrons. The van der Waals surface area contributed by atoms with Gasteiger partial charge in [-0.1, -0.05) is 0 Å². The van der Waals surface area contributed by atoms with Gasteiger partial charge in [-0.25, -0.2) is 4.79 Å². The summed E-state index contributed by atoms with van der Waals surface area (Å²) in [6.45, 7) is 4.56. The van der Waals surface area contributed by atoms with Gasteiger partial charge in [0.25, 0.3) is 0 Å². The van der Waals surface area contributed by atoms with Gasteiger partial charge in [0.05, 0.1) is 11.1 Å². The molecule has 68 valence electrons. The van der Waals surface area contributed by atoms with E-state index in [0.29, 0.717) is 6.61 Å². The molecule has 2 unspecified atom stereocenters. The van der Waals surface area contributed by atoms with Crippen LogP contribution in [0.1, 0.15) is 13.8 Å². The molecule has 3 heteroatoms. The molecule has 0 aromatic heterocycles. The Morgan fingerprint density at radius 2 is 2.25 bits per heavy atom. The number of hydrogen-bond acceptors (Lipinski definition) is 3. The highest BCUT2D eigenvalue weighted by Crippen LogP contribution is 2.47. The molecular formula is C9H15NO2. The topological polar surface area (TPSA) is 29.5 Å². The zero-order valence-electron chi connectivity index (χ0n) is 8.05. The molecular weight excluding hydrogens is 154 g/mol. The molecule has 1 fully saturated rings. The second-order valence-corrected chi connectivity index (χ2v) is 3.39. The summed E-state index contributed by atoms with van der Waals surface area (Å²) in [6, 6.07) is 0. The highest BCUT2D eigenvalue weighted by Gasteiger charge is 2.60. The molecule has 0 aliphatic heterocycles. The van der Waals surface area contributed by atoms with Crippen molar-refractivity contribution < 1.29 is 9.53 Å². The SMILES string of the molecule is CCOC1C(=C=O)C1(C)N(C)C. The van der Waals surface area contributed by atoms with Crippen LogP contribution in [-0.2, 0) is 9.53 Å². The maximum Gasteiger partial charge on any atom is 0.128 e. The van der Waals surface area contributed by atoms with E-state index in [1.165, 1.54) is 0 Å². The van der Waals surface area contributed by atoms with Crippen molar-refractivity contribution >= 4 is 5.94 Å². The molecule has 1 saturated carbocycles. The standard InChI is InChI=1S/C9H15NO2/c1-5-12-8-7(6-11)9(8,2)10(3)4/h8H,5H2,1-4H3. The third-order valence-electron chi connectivity index (χ3n) is 2.61. The molecule has 0 bridgehead atoms. The zero-order valence-corrected chi connectivity index (χ0v) is 8.05. The monoisotopic (exact) mass is 169 g/mol. The number of hydrogen-bond donors (Lipinski definition) is 0. The van der Waals surface area contributed by atoms with Crippen LogP contribution >= 0.6 is 0 Å². The second kappa shape index (κ2) is 3.02. The predicted octanol–water partition coefficient (Wildman–Crippen LogP) is 0.483. The van der Waals surface area contributed by atoms with Crippen LogP contribution < -0.4 is 0 Å². The molecule has 0 aromatic rings. The Kier molecular flexibility index (Phi) is 2.38. The molecule has 2 atom stereocenters. The maximum absolute atomic E-state index is 10.5. The van der Waals surface area contributed by atoms with Crippen molar-refractivity contribution in [2.24, 2.45) is 0 Å². The van der Waals surface area contributed by atoms with Gasteiger partial charge >= 0.3 is 0 Å². The Bertz CT molecular complexity index is 231. The molecule has 0 spiro atoms. The first-order valence-corrected chi connectivity index (χ1v) is 4.13. The number of nitrogens with zero attached hydrogens (tertiary/aromatic N) is 1. The fraction of sp³-hybridized carbons (Fsp3) is 0.778. The van der Waals surface area contributed by atoms with E-state index in [9.17, 15) is 4.79 Å². The third kappa shape index (κ3) is 1.11. The lowest BCUT2D eigenvalue weighted by molar-refractivity contribution is 0.0898. The summed E-state index contributed by atoms with van der Waals surface area (Å²) in [5, 5.41) is 0. The predicted molar refractivity (Wildman–Crippen MR) is 46.7 cm³/mol. The lowest BCUT2D eigenvalue weighted by Crippen LogP contribution is -2.31. The largest absolute Gasteiger partial charge is 0.371 e. The third-order valence-corrected chi connectivity index (χ3v) is 2.61. The van der Waals surface area contributed by atoms with Crippen LogP contribution in [0.5, 0.6) is 0 Å². The summed E-state index contributed by atoms with van der Waals surface area (Å²) in [5.74, 6) is 1.95. The minimum absolute atomic E-state index is 0.0463. The Morgan fingerprint density at radius 3 is 2.50 bits per heavy atom. The van der Waals surface area contributed by atoms with E-state index in [-0.39, 0.29) is 11.6 Å². The van der Waals surface area contributed by atoms with Gasteiger partial charge in [0, 0.05) is 6.61 Å². The van der Waals surface area contributed by atoms with E-state index >= 15 is 0 Å². The Morgan fingerprint density at radius 1 is 1.67 bits per heavy atom. The summed E-state index contributed by atoms with van der Waals surface area (Å²) in [7, 11) is 3.88. The quantitative estimate of drug-likeness (QED) is 0.576. The fourth-order valence-corrected chi connectivity index (χ4v) is 1.44. The van der Waals surface area contributed by atoms with Gasteiger partial charge in [-0.3, -0.25) is 4.90 Å². The molecule has 12 heavy (non-hydrogen) atoms. The van der Waals surface area contributed by atoms with Crippen LogP contribution in [-0.4, -0.2) is 43.2 Å². The normalized spacial score (nSPS) is 33.8. The van der Waals surface area contributed by atoms with Crippen molar-refractivity contribution in [1.29, 1.82) is 0 Å². The zero-order chi connectivity index (χ0) is 9.35. The van der Waals surface area contributed by atoms with Crippen LogP contribution in [0.4, 0.5) is 0 Å². The molecule has 0 amide bonds. The van der Waals surface area contributed by atoms with Crippen molar-refractivity contribution in [1.82, 2.24) is 4.90 Å². The highest BCUT2D eigenvalue weighted by molar-refractivity contribution is 5.69. The summed E-state index contributed by atoms with van der Waals surface area (Å²) in [4.78, 5) is 12.5. The summed E-state index contributed by atoms with van der Waals surface area (Å²) < 4.78 is 5.39. The van der Waals surface area contributed by atoms with Crippen LogP contribution in [0.15, 0.2) is 5.57 Å². The summed E-state index contributed by atoms with van der Waals surface area (Å²) in [6.07, 6.45) is -0.0463. The van der Waals surface area contributed by atoms with Crippen molar-refractivity contribution in [3.8, 4) is 0 Å². The molecule has 0 N–H and O–H groups in total. The van der Waals surface area contributed by atoms with E-state index in [4.69, 9.17) is 4.74 Å². The van der Waals surface area contributed by atoms with E-state index in [1.807, 2.05) is 38.8 Å². The molecule has 1 rings (SSSR count).